The number of sulfone groups is 1. The maximum atomic E-state index is 12.1. The molecule has 96 valence electrons. The first kappa shape index (κ1) is 11.7. The van der Waals surface area contributed by atoms with Gasteiger partial charge in [-0.3, -0.25) is 4.90 Å². The molecule has 0 spiro atoms. The molecule has 3 rings (SSSR count). The highest BCUT2D eigenvalue weighted by molar-refractivity contribution is 7.95. The van der Waals surface area contributed by atoms with Crippen molar-refractivity contribution in [3.8, 4) is 0 Å². The molecule has 0 aliphatic carbocycles. The van der Waals surface area contributed by atoms with Gasteiger partial charge in [-0.2, -0.15) is 0 Å². The molecule has 0 saturated carbocycles. The summed E-state index contributed by atoms with van der Waals surface area (Å²) in [6, 6.07) is 5.30. The second-order valence-corrected chi connectivity index (χ2v) is 6.63. The zero-order valence-electron chi connectivity index (χ0n) is 10.1. The minimum atomic E-state index is -3.34. The summed E-state index contributed by atoms with van der Waals surface area (Å²) in [6.07, 6.45) is 2.40. The topological polar surface area (TPSA) is 63.4 Å². The molecule has 0 amide bonds. The Morgan fingerprint density at radius 2 is 1.94 bits per heavy atom. The molecule has 0 bridgehead atoms. The molecule has 1 fully saturated rings. The number of hydrogen-bond acceptors (Lipinski definition) is 4. The molecule has 2 aliphatic heterocycles. The minimum absolute atomic E-state index is 0.291. The zero-order chi connectivity index (χ0) is 12.8. The monoisotopic (exact) mass is 264 g/mol. The first-order valence-electron chi connectivity index (χ1n) is 6.15. The Labute approximate surface area is 107 Å². The standard InChI is InChI=1S/C13H16N2O2S/c14-12-5-3-4-11-10(8-15-6-1-2-7-15)9-18(16,17)13(11)12/h3-5,9H,1-2,6-8,14H2. The van der Waals surface area contributed by atoms with Crippen LogP contribution in [0.3, 0.4) is 0 Å². The number of likely N-dealkylation sites (tertiary alicyclic amines) is 1. The predicted octanol–water partition coefficient (Wildman–Crippen LogP) is 1.49. The molecule has 1 aromatic carbocycles. The molecule has 18 heavy (non-hydrogen) atoms. The van der Waals surface area contributed by atoms with Crippen LogP contribution in [0, 0.1) is 0 Å². The summed E-state index contributed by atoms with van der Waals surface area (Å²) in [5.41, 5.74) is 7.79. The second kappa shape index (κ2) is 4.10. The number of nitrogens with zero attached hydrogens (tertiary/aromatic N) is 1. The summed E-state index contributed by atoms with van der Waals surface area (Å²) in [5, 5.41) is 1.38. The average Bonchev–Trinajstić information content (AvgIpc) is 2.87. The molecule has 2 N–H and O–H groups in total. The molecule has 0 aromatic heterocycles. The van der Waals surface area contributed by atoms with Crippen LogP contribution < -0.4 is 5.73 Å². The number of hydrogen-bond donors (Lipinski definition) is 1. The Hall–Kier alpha value is -1.33. The average molecular weight is 264 g/mol. The number of nitrogens with two attached hydrogens (primary N) is 1. The zero-order valence-corrected chi connectivity index (χ0v) is 10.9. The van der Waals surface area contributed by atoms with E-state index in [1.807, 2.05) is 12.1 Å². The van der Waals surface area contributed by atoms with E-state index in [1.54, 1.807) is 6.07 Å². The van der Waals surface area contributed by atoms with E-state index in [1.165, 1.54) is 18.2 Å². The van der Waals surface area contributed by atoms with Gasteiger partial charge in [-0.25, -0.2) is 8.42 Å². The third-order valence-corrected chi connectivity index (χ3v) is 5.19. The van der Waals surface area contributed by atoms with Crippen LogP contribution in [0.15, 0.2) is 28.5 Å². The Morgan fingerprint density at radius 1 is 1.22 bits per heavy atom. The molecule has 5 heteroatoms. The van der Waals surface area contributed by atoms with Crippen LogP contribution in [0.25, 0.3) is 5.57 Å². The molecule has 0 radical (unpaired) electrons. The number of nitrogen functional groups attached to an aromatic ring is 1. The third-order valence-electron chi connectivity index (χ3n) is 3.57. The van der Waals surface area contributed by atoms with Crippen molar-refractivity contribution in [2.75, 3.05) is 25.4 Å². The summed E-state index contributed by atoms with van der Waals surface area (Å²) in [4.78, 5) is 2.58. The van der Waals surface area contributed by atoms with Crippen LogP contribution >= 0.6 is 0 Å². The normalized spacial score (nSPS) is 21.9. The van der Waals surface area contributed by atoms with Crippen LogP contribution in [-0.4, -0.2) is 33.0 Å². The SMILES string of the molecule is Nc1cccc2c1S(=O)(=O)C=C2CN1CCCC1. The molecule has 2 aliphatic rings. The van der Waals surface area contributed by atoms with E-state index >= 15 is 0 Å². The highest BCUT2D eigenvalue weighted by Crippen LogP contribution is 2.37. The van der Waals surface area contributed by atoms with Crippen LogP contribution in [0.4, 0.5) is 5.69 Å². The van der Waals surface area contributed by atoms with Crippen LogP contribution in [-0.2, 0) is 9.84 Å². The molecule has 1 saturated heterocycles. The second-order valence-electron chi connectivity index (χ2n) is 4.90. The summed E-state index contributed by atoms with van der Waals surface area (Å²) < 4.78 is 24.2. The minimum Gasteiger partial charge on any atom is -0.398 e. The first-order chi connectivity index (χ1) is 8.58. The Balaban J connectivity index is 2.01. The van der Waals surface area contributed by atoms with Gasteiger partial charge in [0.15, 0.2) is 0 Å². The smallest absolute Gasteiger partial charge is 0.202 e. The lowest BCUT2D eigenvalue weighted by Crippen LogP contribution is -2.21. The van der Waals surface area contributed by atoms with Crippen molar-refractivity contribution in [1.29, 1.82) is 0 Å². The highest BCUT2D eigenvalue weighted by atomic mass is 32.2. The fraction of sp³-hybridized carbons (Fsp3) is 0.385. The molecule has 4 nitrogen and oxygen atoms in total. The van der Waals surface area contributed by atoms with Crippen LogP contribution in [0.1, 0.15) is 18.4 Å². The van der Waals surface area contributed by atoms with E-state index in [-0.39, 0.29) is 0 Å². The van der Waals surface area contributed by atoms with Crippen LogP contribution in [0.5, 0.6) is 0 Å². The quantitative estimate of drug-likeness (QED) is 0.822. The molecule has 0 unspecified atom stereocenters. The lowest BCUT2D eigenvalue weighted by Gasteiger charge is -2.15. The largest absolute Gasteiger partial charge is 0.398 e. The Bertz CT molecular complexity index is 614. The number of benzene rings is 1. The molecule has 0 atom stereocenters. The summed E-state index contributed by atoms with van der Waals surface area (Å²) in [7, 11) is -3.34. The summed E-state index contributed by atoms with van der Waals surface area (Å²) in [5.74, 6) is 0. The van der Waals surface area contributed by atoms with Gasteiger partial charge in [0.05, 0.1) is 5.69 Å². The van der Waals surface area contributed by atoms with Gasteiger partial charge in [-0.1, -0.05) is 12.1 Å². The lowest BCUT2D eigenvalue weighted by molar-refractivity contribution is 0.383. The van der Waals surface area contributed by atoms with Crippen molar-refractivity contribution in [2.45, 2.75) is 17.7 Å². The Morgan fingerprint density at radius 3 is 2.67 bits per heavy atom. The van der Waals surface area contributed by atoms with E-state index in [2.05, 4.69) is 4.90 Å². The van der Waals surface area contributed by atoms with E-state index in [0.29, 0.717) is 17.1 Å². The lowest BCUT2D eigenvalue weighted by atomic mass is 10.1. The maximum absolute atomic E-state index is 12.1. The van der Waals surface area contributed by atoms with Crippen molar-refractivity contribution < 1.29 is 8.42 Å². The van der Waals surface area contributed by atoms with E-state index < -0.39 is 9.84 Å². The maximum Gasteiger partial charge on any atom is 0.202 e. The van der Waals surface area contributed by atoms with E-state index in [4.69, 9.17) is 5.73 Å². The van der Waals surface area contributed by atoms with Gasteiger partial charge in [0.2, 0.25) is 9.84 Å². The van der Waals surface area contributed by atoms with Crippen molar-refractivity contribution in [2.24, 2.45) is 0 Å². The number of fused-ring (bicyclic) bond motifs is 1. The van der Waals surface area contributed by atoms with E-state index in [9.17, 15) is 8.42 Å². The van der Waals surface area contributed by atoms with Crippen LogP contribution in [0.2, 0.25) is 0 Å². The van der Waals surface area contributed by atoms with Crippen molar-refractivity contribution >= 4 is 21.1 Å². The van der Waals surface area contributed by atoms with E-state index in [0.717, 1.165) is 24.2 Å². The van der Waals surface area contributed by atoms with Gasteiger partial charge >= 0.3 is 0 Å². The fourth-order valence-corrected chi connectivity index (χ4v) is 4.34. The Kier molecular flexibility index (Phi) is 2.68. The summed E-state index contributed by atoms with van der Waals surface area (Å²) in [6.45, 7) is 2.81. The van der Waals surface area contributed by atoms with Crippen molar-refractivity contribution in [1.82, 2.24) is 4.90 Å². The fourth-order valence-electron chi connectivity index (χ4n) is 2.74. The summed E-state index contributed by atoms with van der Waals surface area (Å²) >= 11 is 0. The van der Waals surface area contributed by atoms with Gasteiger partial charge in [0.25, 0.3) is 0 Å². The van der Waals surface area contributed by atoms with Gasteiger partial charge in [0.1, 0.15) is 4.90 Å². The first-order valence-corrected chi connectivity index (χ1v) is 7.69. The molecular formula is C13H16N2O2S. The third kappa shape index (κ3) is 1.83. The number of anilines is 1. The van der Waals surface area contributed by atoms with Crippen molar-refractivity contribution in [3.63, 3.8) is 0 Å². The van der Waals surface area contributed by atoms with Gasteiger partial charge < -0.3 is 5.73 Å². The molecule has 1 aromatic rings. The van der Waals surface area contributed by atoms with Gasteiger partial charge in [-0.05, 0) is 37.6 Å². The van der Waals surface area contributed by atoms with Gasteiger partial charge in [-0.15, -0.1) is 0 Å². The number of rotatable bonds is 2. The predicted molar refractivity (Wildman–Crippen MR) is 71.7 cm³/mol. The molecule has 2 heterocycles. The van der Waals surface area contributed by atoms with Crippen molar-refractivity contribution in [3.05, 3.63) is 29.2 Å². The molecular weight excluding hydrogens is 248 g/mol. The van der Waals surface area contributed by atoms with Gasteiger partial charge in [0, 0.05) is 17.5 Å². The highest BCUT2D eigenvalue weighted by Gasteiger charge is 2.30.